The summed E-state index contributed by atoms with van der Waals surface area (Å²) in [4.78, 5) is 0. The van der Waals surface area contributed by atoms with Crippen molar-refractivity contribution in [3.05, 3.63) is 195 Å². The van der Waals surface area contributed by atoms with Crippen LogP contribution in [0.3, 0.4) is 0 Å². The molecule has 0 saturated heterocycles. The summed E-state index contributed by atoms with van der Waals surface area (Å²) < 4.78 is 11.2. The zero-order chi connectivity index (χ0) is 33.4. The molecule has 2 aliphatic rings. The summed E-state index contributed by atoms with van der Waals surface area (Å²) in [5.41, 5.74) is 16.3. The lowest BCUT2D eigenvalue weighted by Gasteiger charge is -2.28. The first-order valence-corrected chi connectivity index (χ1v) is 16.7. The highest BCUT2D eigenvalue weighted by Crippen LogP contribution is 2.62. The van der Waals surface area contributed by atoms with Crippen LogP contribution in [0.15, 0.2) is 162 Å². The van der Waals surface area contributed by atoms with Crippen LogP contribution in [0.1, 0.15) is 61.1 Å². The number of benzene rings is 5. The van der Waals surface area contributed by atoms with Gasteiger partial charge in [-0.1, -0.05) is 135 Å². The number of rotatable bonds is 6. The summed E-state index contributed by atoms with van der Waals surface area (Å²) in [6.07, 6.45) is 2.56. The molecule has 0 aromatic heterocycles. The molecular weight excluding hydrogens is 585 g/mol. The Bertz CT molecular complexity index is 2040. The number of fused-ring (bicyclic) bond motifs is 2. The van der Waals surface area contributed by atoms with E-state index in [1.165, 1.54) is 61.3 Å². The number of hydrogen-bond donors (Lipinski definition) is 0. The average molecular weight is 627 g/mol. The van der Waals surface area contributed by atoms with E-state index in [0.717, 1.165) is 22.6 Å². The second-order valence-electron chi connectivity index (χ2n) is 13.4. The Morgan fingerprint density at radius 3 is 1.54 bits per heavy atom. The predicted molar refractivity (Wildman–Crippen MR) is 200 cm³/mol. The van der Waals surface area contributed by atoms with Crippen molar-refractivity contribution in [3.8, 4) is 11.5 Å². The van der Waals surface area contributed by atoms with Crippen molar-refractivity contribution in [3.63, 3.8) is 0 Å². The predicted octanol–water partition coefficient (Wildman–Crippen LogP) is 11.4. The fraction of sp³-hybridized carbons (Fsp3) is 0.174. The summed E-state index contributed by atoms with van der Waals surface area (Å²) in [6.45, 7) is 9.41. The fourth-order valence-electron chi connectivity index (χ4n) is 8.09. The minimum absolute atomic E-state index is 0.00177. The second-order valence-corrected chi connectivity index (χ2v) is 13.4. The van der Waals surface area contributed by atoms with E-state index in [-0.39, 0.29) is 11.3 Å². The van der Waals surface area contributed by atoms with Crippen molar-refractivity contribution >= 4 is 16.7 Å². The zero-order valence-corrected chi connectivity index (χ0v) is 28.7. The Hall–Kier alpha value is -5.34. The summed E-state index contributed by atoms with van der Waals surface area (Å²) in [5, 5.41) is 0. The molecule has 2 nitrogen and oxygen atoms in total. The first-order valence-electron chi connectivity index (χ1n) is 16.7. The van der Waals surface area contributed by atoms with E-state index in [1.807, 2.05) is 0 Å². The van der Waals surface area contributed by atoms with Gasteiger partial charge in [-0.05, 0) is 105 Å². The maximum atomic E-state index is 5.61. The molecule has 0 heterocycles. The van der Waals surface area contributed by atoms with Crippen LogP contribution in [0.4, 0.5) is 0 Å². The lowest BCUT2D eigenvalue weighted by Crippen LogP contribution is -2.15. The number of allylic oxidation sites excluding steroid dienone is 5. The summed E-state index contributed by atoms with van der Waals surface area (Å²) in [5.74, 6) is 1.69. The van der Waals surface area contributed by atoms with Gasteiger partial charge in [-0.3, -0.25) is 0 Å². The van der Waals surface area contributed by atoms with Gasteiger partial charge in [0.2, 0.25) is 0 Å². The van der Waals surface area contributed by atoms with Crippen molar-refractivity contribution in [1.29, 1.82) is 0 Å². The van der Waals surface area contributed by atoms with Gasteiger partial charge in [-0.2, -0.15) is 0 Å². The molecular formula is C46H42O2. The van der Waals surface area contributed by atoms with Gasteiger partial charge in [-0.25, -0.2) is 0 Å². The van der Waals surface area contributed by atoms with Gasteiger partial charge in [0.25, 0.3) is 0 Å². The first kappa shape index (κ1) is 31.3. The van der Waals surface area contributed by atoms with Crippen LogP contribution in [0.5, 0.6) is 11.5 Å². The highest BCUT2D eigenvalue weighted by atomic mass is 16.5. The quantitative estimate of drug-likeness (QED) is 0.187. The molecule has 0 N–H and O–H groups in total. The van der Waals surface area contributed by atoms with E-state index in [9.17, 15) is 0 Å². The monoisotopic (exact) mass is 626 g/mol. The molecule has 0 radical (unpaired) electrons. The smallest absolute Gasteiger partial charge is 0.118 e. The van der Waals surface area contributed by atoms with Crippen LogP contribution in [-0.4, -0.2) is 14.2 Å². The average Bonchev–Trinajstić information content (AvgIpc) is 3.23. The van der Waals surface area contributed by atoms with Gasteiger partial charge in [-0.15, -0.1) is 0 Å². The van der Waals surface area contributed by atoms with Gasteiger partial charge in [0.15, 0.2) is 0 Å². The Kier molecular flexibility index (Phi) is 8.27. The Morgan fingerprint density at radius 1 is 0.562 bits per heavy atom. The molecule has 1 saturated carbocycles. The molecule has 7 rings (SSSR count). The van der Waals surface area contributed by atoms with Crippen LogP contribution >= 0.6 is 0 Å². The normalized spacial score (nSPS) is 16.5. The second kappa shape index (κ2) is 12.7. The first-order chi connectivity index (χ1) is 23.3. The SMILES string of the molecule is COc1ccc(C(=C2C(=C(C)C)C(C)(C)C3=C(c4ccccc4)c4ccccc4C(c4ccccc4)=CC23)c2ccc(OC)cc2)cc1. The molecule has 1 atom stereocenters. The van der Waals surface area contributed by atoms with E-state index >= 15 is 0 Å². The third kappa shape index (κ3) is 5.32. The van der Waals surface area contributed by atoms with Crippen LogP contribution < -0.4 is 9.47 Å². The molecule has 2 heteroatoms. The summed E-state index contributed by atoms with van der Waals surface area (Å²) in [7, 11) is 3.44. The molecule has 1 unspecified atom stereocenters. The van der Waals surface area contributed by atoms with Crippen molar-refractivity contribution in [2.45, 2.75) is 27.7 Å². The minimum atomic E-state index is -0.274. The summed E-state index contributed by atoms with van der Waals surface area (Å²) >= 11 is 0. The molecule has 0 spiro atoms. The van der Waals surface area contributed by atoms with Crippen molar-refractivity contribution < 1.29 is 9.47 Å². The standard InChI is InChI=1S/C46H42O2/c1-30(2)44-43(41(33-21-25-35(47-5)26-22-33)34-23-27-36(48-6)28-24-34)40-29-39(31-15-9-7-10-16-31)37-19-13-14-20-38(37)42(45(40)46(44,3)4)32-17-11-8-12-18-32/h7-29,40H,1-6H3. The summed E-state index contributed by atoms with van der Waals surface area (Å²) in [6, 6.07) is 47.9. The molecule has 2 aliphatic carbocycles. The largest absolute Gasteiger partial charge is 0.497 e. The van der Waals surface area contributed by atoms with Gasteiger partial charge >= 0.3 is 0 Å². The van der Waals surface area contributed by atoms with Gasteiger partial charge < -0.3 is 9.47 Å². The molecule has 0 bridgehead atoms. The molecule has 1 fully saturated rings. The molecule has 238 valence electrons. The van der Waals surface area contributed by atoms with Crippen LogP contribution in [0.2, 0.25) is 0 Å². The van der Waals surface area contributed by atoms with E-state index in [1.54, 1.807) is 14.2 Å². The van der Waals surface area contributed by atoms with Crippen LogP contribution in [0.25, 0.3) is 16.7 Å². The molecule has 0 aliphatic heterocycles. The molecule has 5 aromatic carbocycles. The molecule has 0 amide bonds. The van der Waals surface area contributed by atoms with Gasteiger partial charge in [0.1, 0.15) is 11.5 Å². The Balaban J connectivity index is 1.68. The van der Waals surface area contributed by atoms with Crippen molar-refractivity contribution in [2.24, 2.45) is 11.3 Å². The van der Waals surface area contributed by atoms with Crippen LogP contribution in [-0.2, 0) is 0 Å². The molecule has 48 heavy (non-hydrogen) atoms. The third-order valence-corrected chi connectivity index (χ3v) is 9.95. The topological polar surface area (TPSA) is 18.5 Å². The third-order valence-electron chi connectivity index (χ3n) is 9.95. The number of ether oxygens (including phenoxy) is 2. The maximum Gasteiger partial charge on any atom is 0.118 e. The van der Waals surface area contributed by atoms with E-state index in [0.29, 0.717) is 0 Å². The lowest BCUT2D eigenvalue weighted by molar-refractivity contribution is 0.414. The van der Waals surface area contributed by atoms with Crippen molar-refractivity contribution in [1.82, 2.24) is 0 Å². The minimum Gasteiger partial charge on any atom is -0.497 e. The Labute approximate surface area is 285 Å². The highest BCUT2D eigenvalue weighted by molar-refractivity contribution is 5.99. The van der Waals surface area contributed by atoms with E-state index < -0.39 is 0 Å². The van der Waals surface area contributed by atoms with Crippen LogP contribution in [0, 0.1) is 11.3 Å². The fourth-order valence-corrected chi connectivity index (χ4v) is 8.09. The van der Waals surface area contributed by atoms with Crippen molar-refractivity contribution in [2.75, 3.05) is 14.2 Å². The highest BCUT2D eigenvalue weighted by Gasteiger charge is 2.48. The molecule has 5 aromatic rings. The van der Waals surface area contributed by atoms with Gasteiger partial charge in [0, 0.05) is 11.3 Å². The maximum absolute atomic E-state index is 5.61. The van der Waals surface area contributed by atoms with Gasteiger partial charge in [0.05, 0.1) is 14.2 Å². The number of hydrogen-bond acceptors (Lipinski definition) is 2. The lowest BCUT2D eigenvalue weighted by atomic mass is 9.75. The Morgan fingerprint density at radius 2 is 1.04 bits per heavy atom. The zero-order valence-electron chi connectivity index (χ0n) is 28.7. The van der Waals surface area contributed by atoms with E-state index in [4.69, 9.17) is 9.47 Å². The van der Waals surface area contributed by atoms with E-state index in [2.05, 4.69) is 167 Å². The number of methoxy groups -OCH3 is 2.